The predicted octanol–water partition coefficient (Wildman–Crippen LogP) is 3.02. The molecule has 0 spiro atoms. The van der Waals surface area contributed by atoms with Crippen molar-refractivity contribution < 1.29 is 14.3 Å². The minimum absolute atomic E-state index is 0.131. The fourth-order valence-corrected chi connectivity index (χ4v) is 3.29. The number of H-pyrrole nitrogens is 1. The van der Waals surface area contributed by atoms with E-state index in [9.17, 15) is 9.59 Å². The molecule has 0 fully saturated rings. The van der Waals surface area contributed by atoms with Gasteiger partial charge in [0, 0.05) is 16.6 Å². The van der Waals surface area contributed by atoms with Gasteiger partial charge in [-0.2, -0.15) is 0 Å². The van der Waals surface area contributed by atoms with Crippen LogP contribution in [0.4, 0.5) is 5.69 Å². The molecule has 0 radical (unpaired) electrons. The van der Waals surface area contributed by atoms with Gasteiger partial charge in [-0.3, -0.25) is 4.79 Å². The number of aromatic amines is 1. The van der Waals surface area contributed by atoms with Gasteiger partial charge in [-0.05, 0) is 30.3 Å². The lowest BCUT2D eigenvalue weighted by Crippen LogP contribution is -2.14. The lowest BCUT2D eigenvalue weighted by Gasteiger charge is -2.05. The van der Waals surface area contributed by atoms with E-state index in [1.165, 1.54) is 18.9 Å². The molecule has 0 unspecified atom stereocenters. The number of fused-ring (bicyclic) bond motifs is 3. The van der Waals surface area contributed by atoms with Crippen LogP contribution in [0, 0.1) is 0 Å². The third-order valence-electron chi connectivity index (χ3n) is 4.02. The first-order valence-corrected chi connectivity index (χ1v) is 9.35. The van der Waals surface area contributed by atoms with Gasteiger partial charge in [0.15, 0.2) is 5.65 Å². The minimum Gasteiger partial charge on any atom is -0.465 e. The number of anilines is 1. The number of nitrogens with one attached hydrogen (secondary N) is 2. The number of hydrogen-bond acceptors (Lipinski definition) is 7. The van der Waals surface area contributed by atoms with E-state index in [4.69, 9.17) is 0 Å². The van der Waals surface area contributed by atoms with E-state index < -0.39 is 5.97 Å². The highest BCUT2D eigenvalue weighted by Crippen LogP contribution is 2.23. The van der Waals surface area contributed by atoms with E-state index in [1.54, 1.807) is 24.3 Å². The summed E-state index contributed by atoms with van der Waals surface area (Å²) in [4.78, 5) is 31.2. The molecule has 2 aromatic carbocycles. The van der Waals surface area contributed by atoms with Crippen LogP contribution >= 0.6 is 11.8 Å². The average Bonchev–Trinajstić information content (AvgIpc) is 3.10. The monoisotopic (exact) mass is 393 g/mol. The summed E-state index contributed by atoms with van der Waals surface area (Å²) >= 11 is 1.19. The van der Waals surface area contributed by atoms with Gasteiger partial charge in [0.2, 0.25) is 11.1 Å². The Bertz CT molecular complexity index is 1170. The molecule has 0 aliphatic carbocycles. The third-order valence-corrected chi connectivity index (χ3v) is 4.86. The Morgan fingerprint density at radius 2 is 1.89 bits per heavy atom. The third kappa shape index (κ3) is 3.65. The molecule has 8 nitrogen and oxygen atoms in total. The number of para-hydroxylation sites is 1. The van der Waals surface area contributed by atoms with Crippen molar-refractivity contribution in [3.8, 4) is 0 Å². The number of rotatable bonds is 5. The molecule has 28 heavy (non-hydrogen) atoms. The summed E-state index contributed by atoms with van der Waals surface area (Å²) in [7, 11) is 1.32. The maximum absolute atomic E-state index is 12.2. The number of carbonyl (C=O) groups excluding carboxylic acids is 2. The van der Waals surface area contributed by atoms with Gasteiger partial charge in [0.05, 0.1) is 18.4 Å². The predicted molar refractivity (Wildman–Crippen MR) is 106 cm³/mol. The number of nitrogens with zero attached hydrogens (tertiary/aromatic N) is 3. The average molecular weight is 393 g/mol. The first kappa shape index (κ1) is 17.9. The van der Waals surface area contributed by atoms with Crippen molar-refractivity contribution in [2.45, 2.75) is 5.16 Å². The number of carbonyl (C=O) groups is 2. The normalized spacial score (nSPS) is 10.9. The molecule has 140 valence electrons. The highest BCUT2D eigenvalue weighted by atomic mass is 32.2. The molecule has 0 aliphatic rings. The lowest BCUT2D eigenvalue weighted by molar-refractivity contribution is -0.113. The van der Waals surface area contributed by atoms with Crippen LogP contribution in [0.1, 0.15) is 10.4 Å². The number of amides is 1. The van der Waals surface area contributed by atoms with Crippen LogP contribution in [0.5, 0.6) is 0 Å². The van der Waals surface area contributed by atoms with Crippen LogP contribution in [0.15, 0.2) is 53.7 Å². The van der Waals surface area contributed by atoms with E-state index in [-0.39, 0.29) is 11.7 Å². The van der Waals surface area contributed by atoms with Crippen molar-refractivity contribution >= 4 is 51.4 Å². The van der Waals surface area contributed by atoms with E-state index in [0.29, 0.717) is 27.6 Å². The number of hydrogen-bond donors (Lipinski definition) is 2. The van der Waals surface area contributed by atoms with Crippen molar-refractivity contribution in [2.24, 2.45) is 0 Å². The summed E-state index contributed by atoms with van der Waals surface area (Å²) < 4.78 is 4.64. The van der Waals surface area contributed by atoms with Crippen molar-refractivity contribution in [2.75, 3.05) is 18.2 Å². The topological polar surface area (TPSA) is 110 Å². The van der Waals surface area contributed by atoms with Crippen LogP contribution in [0.3, 0.4) is 0 Å². The van der Waals surface area contributed by atoms with E-state index >= 15 is 0 Å². The Hall–Kier alpha value is -3.46. The van der Waals surface area contributed by atoms with Crippen LogP contribution < -0.4 is 5.32 Å². The highest BCUT2D eigenvalue weighted by molar-refractivity contribution is 7.99. The largest absolute Gasteiger partial charge is 0.465 e. The van der Waals surface area contributed by atoms with Gasteiger partial charge in [0.1, 0.15) is 5.52 Å². The summed E-state index contributed by atoms with van der Waals surface area (Å²) in [6.45, 7) is 0. The van der Waals surface area contributed by atoms with Gasteiger partial charge in [-0.1, -0.05) is 30.0 Å². The molecule has 4 aromatic rings. The summed E-state index contributed by atoms with van der Waals surface area (Å²) in [6, 6.07) is 14.2. The van der Waals surface area contributed by atoms with E-state index in [1.807, 2.05) is 24.3 Å². The number of methoxy groups -OCH3 is 1. The van der Waals surface area contributed by atoms with Crippen molar-refractivity contribution in [3.63, 3.8) is 0 Å². The molecule has 0 aliphatic heterocycles. The fraction of sp³-hybridized carbons (Fsp3) is 0.105. The Labute approximate surface area is 163 Å². The molecule has 0 atom stereocenters. The number of aromatic nitrogens is 4. The maximum Gasteiger partial charge on any atom is 0.337 e. The fourth-order valence-electron chi connectivity index (χ4n) is 2.70. The summed E-state index contributed by atoms with van der Waals surface area (Å²) in [5.74, 6) is -0.506. The Kier molecular flexibility index (Phi) is 4.90. The number of benzene rings is 2. The summed E-state index contributed by atoms with van der Waals surface area (Å²) in [5.41, 5.74) is 3.28. The first-order chi connectivity index (χ1) is 13.6. The zero-order valence-electron chi connectivity index (χ0n) is 14.8. The second-order valence-electron chi connectivity index (χ2n) is 5.87. The zero-order valence-corrected chi connectivity index (χ0v) is 15.6. The van der Waals surface area contributed by atoms with Gasteiger partial charge in [-0.25, -0.2) is 9.78 Å². The molecule has 2 heterocycles. The number of ether oxygens (including phenoxy) is 1. The number of thioether (sulfide) groups is 1. The van der Waals surface area contributed by atoms with Crippen molar-refractivity contribution in [1.29, 1.82) is 0 Å². The summed E-state index contributed by atoms with van der Waals surface area (Å²) in [5, 5.41) is 12.5. The van der Waals surface area contributed by atoms with E-state index in [0.717, 1.165) is 10.9 Å². The minimum atomic E-state index is -0.426. The van der Waals surface area contributed by atoms with Gasteiger partial charge < -0.3 is 15.0 Å². The molecule has 0 saturated carbocycles. The zero-order chi connectivity index (χ0) is 19.5. The van der Waals surface area contributed by atoms with Gasteiger partial charge >= 0.3 is 5.97 Å². The van der Waals surface area contributed by atoms with Crippen LogP contribution in [0.25, 0.3) is 22.1 Å². The molecule has 0 bridgehead atoms. The lowest BCUT2D eigenvalue weighted by atomic mass is 10.2. The van der Waals surface area contributed by atoms with Crippen LogP contribution in [-0.4, -0.2) is 44.9 Å². The molecule has 4 rings (SSSR count). The highest BCUT2D eigenvalue weighted by Gasteiger charge is 2.11. The van der Waals surface area contributed by atoms with E-state index in [2.05, 4.69) is 30.2 Å². The molecule has 0 saturated heterocycles. The Balaban J connectivity index is 1.40. The van der Waals surface area contributed by atoms with Crippen LogP contribution in [0.2, 0.25) is 0 Å². The second kappa shape index (κ2) is 7.65. The quantitative estimate of drug-likeness (QED) is 0.396. The molecule has 2 N–H and O–H groups in total. The standard InChI is InChI=1S/C19H15N5O3S/c1-27-18(26)11-6-8-12(9-7-11)20-15(25)10-28-19-22-17-16(23-24-19)13-4-2-3-5-14(13)21-17/h2-9H,10H2,1H3,(H,20,25)(H,21,22,24). The smallest absolute Gasteiger partial charge is 0.337 e. The molecular weight excluding hydrogens is 378 g/mol. The van der Waals surface area contributed by atoms with Crippen LogP contribution in [-0.2, 0) is 9.53 Å². The SMILES string of the molecule is COC(=O)c1ccc(NC(=O)CSc2nnc3c(n2)[nH]c2ccccc23)cc1. The van der Waals surface area contributed by atoms with Crippen molar-refractivity contribution in [1.82, 2.24) is 20.2 Å². The maximum atomic E-state index is 12.2. The Morgan fingerprint density at radius 3 is 2.68 bits per heavy atom. The molecular formula is C19H15N5O3S. The first-order valence-electron chi connectivity index (χ1n) is 8.36. The number of esters is 1. The van der Waals surface area contributed by atoms with Crippen molar-refractivity contribution in [3.05, 3.63) is 54.1 Å². The summed E-state index contributed by atoms with van der Waals surface area (Å²) in [6.07, 6.45) is 0. The molecule has 1 amide bonds. The molecule has 9 heteroatoms. The van der Waals surface area contributed by atoms with Gasteiger partial charge in [0.25, 0.3) is 0 Å². The van der Waals surface area contributed by atoms with Gasteiger partial charge in [-0.15, -0.1) is 10.2 Å². The second-order valence-corrected chi connectivity index (χ2v) is 6.81. The molecule has 2 aromatic heterocycles. The Morgan fingerprint density at radius 1 is 1.11 bits per heavy atom.